The van der Waals surface area contributed by atoms with Crippen molar-refractivity contribution in [1.82, 2.24) is 5.43 Å². The number of carbonyl (C=O) groups is 3. The molecule has 1 N–H and O–H groups in total. The van der Waals surface area contributed by atoms with Crippen molar-refractivity contribution in [2.45, 2.75) is 19.0 Å². The number of aliphatic imine (C=N–C) groups is 1. The molecule has 0 spiro atoms. The molecule has 1 fully saturated rings. The quantitative estimate of drug-likeness (QED) is 0.433. The van der Waals surface area contributed by atoms with Crippen LogP contribution in [0.2, 0.25) is 0 Å². The number of allylic oxidation sites excluding steroid dienone is 3. The summed E-state index contributed by atoms with van der Waals surface area (Å²) in [5.74, 6) is -0.588. The minimum absolute atomic E-state index is 0.00857. The monoisotopic (exact) mass is 487 g/mol. The molecular weight excluding hydrogens is 462 g/mol. The van der Waals surface area contributed by atoms with Crippen LogP contribution in [-0.2, 0) is 14.4 Å². The summed E-state index contributed by atoms with van der Waals surface area (Å²) in [4.78, 5) is 43.8. The maximum absolute atomic E-state index is 13.4. The van der Waals surface area contributed by atoms with Crippen LogP contribution in [0.4, 0.5) is 5.69 Å². The predicted octanol–water partition coefficient (Wildman–Crippen LogP) is 4.96. The van der Waals surface area contributed by atoms with Crippen molar-refractivity contribution in [3.63, 3.8) is 0 Å². The van der Waals surface area contributed by atoms with E-state index in [1.54, 1.807) is 12.2 Å². The zero-order valence-corrected chi connectivity index (χ0v) is 20.1. The van der Waals surface area contributed by atoms with Gasteiger partial charge in [-0.2, -0.15) is 5.43 Å². The van der Waals surface area contributed by atoms with Crippen LogP contribution in [0, 0.1) is 0 Å². The number of amides is 1. The molecule has 0 bridgehead atoms. The first-order valence-corrected chi connectivity index (χ1v) is 12.1. The van der Waals surface area contributed by atoms with Crippen molar-refractivity contribution < 1.29 is 14.4 Å². The van der Waals surface area contributed by atoms with Crippen molar-refractivity contribution in [2.75, 3.05) is 5.01 Å². The van der Waals surface area contributed by atoms with Crippen LogP contribution in [0.5, 0.6) is 0 Å². The number of rotatable bonds is 9. The highest BCUT2D eigenvalue weighted by Crippen LogP contribution is 2.33. The Kier molecular flexibility index (Phi) is 7.10. The van der Waals surface area contributed by atoms with E-state index in [2.05, 4.69) is 10.4 Å². The van der Waals surface area contributed by atoms with Gasteiger partial charge in [0.15, 0.2) is 11.6 Å². The lowest BCUT2D eigenvalue weighted by Crippen LogP contribution is -2.37. The first-order chi connectivity index (χ1) is 18.1. The van der Waals surface area contributed by atoms with E-state index in [-0.39, 0.29) is 30.3 Å². The number of anilines is 1. The fourth-order valence-corrected chi connectivity index (χ4v) is 4.34. The molecule has 2 heterocycles. The molecule has 5 rings (SSSR count). The minimum atomic E-state index is -0.630. The molecule has 182 valence electrons. The number of para-hydroxylation sites is 1. The van der Waals surface area contributed by atoms with Crippen molar-refractivity contribution >= 4 is 41.0 Å². The number of fused-ring (bicyclic) bond motifs is 1. The molecule has 1 atom stereocenters. The molecule has 0 radical (unpaired) electrons. The van der Waals surface area contributed by atoms with Crippen LogP contribution in [0.25, 0.3) is 12.2 Å². The maximum Gasteiger partial charge on any atom is 0.272 e. The highest BCUT2D eigenvalue weighted by Gasteiger charge is 2.43. The number of benzene rings is 3. The Hall–Kier alpha value is -4.68. The van der Waals surface area contributed by atoms with Gasteiger partial charge in [0.25, 0.3) is 5.91 Å². The number of hydrogen-bond donors (Lipinski definition) is 1. The third kappa shape index (κ3) is 5.60. The first kappa shape index (κ1) is 24.0. The third-order valence-corrected chi connectivity index (χ3v) is 6.15. The zero-order chi connectivity index (χ0) is 25.6. The zero-order valence-electron chi connectivity index (χ0n) is 20.1. The van der Waals surface area contributed by atoms with Crippen LogP contribution in [0.3, 0.4) is 0 Å². The van der Waals surface area contributed by atoms with E-state index < -0.39 is 6.17 Å². The Morgan fingerprint density at radius 3 is 1.84 bits per heavy atom. The maximum atomic E-state index is 13.4. The van der Waals surface area contributed by atoms with Crippen molar-refractivity contribution in [3.05, 3.63) is 125 Å². The second kappa shape index (κ2) is 10.9. The highest BCUT2D eigenvalue weighted by molar-refractivity contribution is 6.23. The fourth-order valence-electron chi connectivity index (χ4n) is 4.34. The van der Waals surface area contributed by atoms with Crippen molar-refractivity contribution in [3.8, 4) is 0 Å². The second-order valence-electron chi connectivity index (χ2n) is 8.75. The predicted molar refractivity (Wildman–Crippen MR) is 146 cm³/mol. The molecule has 37 heavy (non-hydrogen) atoms. The molecular formula is C31H25N3O3. The van der Waals surface area contributed by atoms with Gasteiger partial charge in [0.05, 0.1) is 17.7 Å². The smallest absolute Gasteiger partial charge is 0.272 e. The van der Waals surface area contributed by atoms with Gasteiger partial charge in [-0.3, -0.25) is 19.4 Å². The molecule has 1 amide bonds. The molecule has 0 saturated carbocycles. The number of carbonyl (C=O) groups excluding carboxylic acids is 3. The largest absolute Gasteiger partial charge is 0.294 e. The summed E-state index contributed by atoms with van der Waals surface area (Å²) in [7, 11) is 0. The van der Waals surface area contributed by atoms with Crippen LogP contribution in [0.15, 0.2) is 119 Å². The van der Waals surface area contributed by atoms with Crippen molar-refractivity contribution in [2.24, 2.45) is 4.99 Å². The van der Waals surface area contributed by atoms with Gasteiger partial charge in [-0.1, -0.05) is 91.0 Å². The molecule has 2 aliphatic rings. The van der Waals surface area contributed by atoms with Gasteiger partial charge in [-0.15, -0.1) is 0 Å². The van der Waals surface area contributed by atoms with E-state index in [4.69, 9.17) is 0 Å². The molecule has 2 aliphatic heterocycles. The second-order valence-corrected chi connectivity index (χ2v) is 8.75. The number of hydrogen-bond acceptors (Lipinski definition) is 5. The summed E-state index contributed by atoms with van der Waals surface area (Å²) in [6.45, 7) is 0. The summed E-state index contributed by atoms with van der Waals surface area (Å²) in [5.41, 5.74) is 7.03. The number of hydrazine groups is 1. The molecule has 6 heteroatoms. The van der Waals surface area contributed by atoms with Crippen LogP contribution in [-0.4, -0.2) is 29.4 Å². The van der Waals surface area contributed by atoms with Gasteiger partial charge >= 0.3 is 0 Å². The van der Waals surface area contributed by atoms with Gasteiger partial charge in [0.1, 0.15) is 6.17 Å². The van der Waals surface area contributed by atoms with Crippen LogP contribution >= 0.6 is 0 Å². The van der Waals surface area contributed by atoms with Crippen LogP contribution in [0.1, 0.15) is 24.0 Å². The molecule has 3 aromatic rings. The number of nitrogens with zero attached hydrogens (tertiary/aromatic N) is 2. The SMILES string of the molecule is O=C(/C=C/c1ccccc1)CC1=NC2NN(c3ccccc3)C(=O)C2=C1CC(=O)/C=C/c1ccccc1. The Morgan fingerprint density at radius 1 is 0.757 bits per heavy atom. The summed E-state index contributed by atoms with van der Waals surface area (Å²) < 4.78 is 0. The van der Waals surface area contributed by atoms with Gasteiger partial charge in [-0.05, 0) is 41.0 Å². The minimum Gasteiger partial charge on any atom is -0.294 e. The van der Waals surface area contributed by atoms with Crippen molar-refractivity contribution in [1.29, 1.82) is 0 Å². The Balaban J connectivity index is 1.39. The summed E-state index contributed by atoms with van der Waals surface area (Å²) in [5, 5.41) is 1.45. The van der Waals surface area contributed by atoms with E-state index in [1.807, 2.05) is 91.0 Å². The normalized spacial score (nSPS) is 17.1. The van der Waals surface area contributed by atoms with Gasteiger partial charge in [0.2, 0.25) is 0 Å². The molecule has 6 nitrogen and oxygen atoms in total. The Bertz CT molecular complexity index is 1440. The number of ketones is 2. The topological polar surface area (TPSA) is 78.8 Å². The summed E-state index contributed by atoms with van der Waals surface area (Å²) in [6.07, 6.45) is 5.88. The molecule has 1 unspecified atom stereocenters. The van der Waals surface area contributed by atoms with Gasteiger partial charge < -0.3 is 0 Å². The Labute approximate surface area is 215 Å². The number of nitrogens with one attached hydrogen (secondary N) is 1. The summed E-state index contributed by atoms with van der Waals surface area (Å²) in [6, 6.07) is 28.3. The van der Waals surface area contributed by atoms with E-state index in [0.717, 1.165) is 11.1 Å². The molecule has 0 aromatic heterocycles. The standard InChI is InChI=1S/C31H25N3O3/c35-25(18-16-22-10-4-1-5-11-22)20-27-28(21-26(36)19-17-23-12-6-2-7-13-23)32-30-29(27)31(37)34(33-30)24-14-8-3-9-15-24/h1-19,30,33H,20-21H2/b18-16+,19-17+. The average Bonchev–Trinajstić information content (AvgIpc) is 3.43. The lowest BCUT2D eigenvalue weighted by Gasteiger charge is -2.17. The molecule has 3 aromatic carbocycles. The van der Waals surface area contributed by atoms with E-state index in [1.165, 1.54) is 17.2 Å². The fraction of sp³-hybridized carbons (Fsp3) is 0.0968. The first-order valence-electron chi connectivity index (χ1n) is 12.1. The lowest BCUT2D eigenvalue weighted by atomic mass is 9.95. The van der Waals surface area contributed by atoms with Gasteiger partial charge in [0, 0.05) is 12.1 Å². The Morgan fingerprint density at radius 2 is 1.27 bits per heavy atom. The highest BCUT2D eigenvalue weighted by atomic mass is 16.2. The van der Waals surface area contributed by atoms with Gasteiger partial charge in [-0.25, -0.2) is 5.01 Å². The lowest BCUT2D eigenvalue weighted by molar-refractivity contribution is -0.115. The van der Waals surface area contributed by atoms with E-state index in [9.17, 15) is 14.4 Å². The molecule has 0 aliphatic carbocycles. The summed E-state index contributed by atoms with van der Waals surface area (Å²) >= 11 is 0. The molecule has 1 saturated heterocycles. The van der Waals surface area contributed by atoms with Crippen LogP contribution < -0.4 is 10.4 Å². The average molecular weight is 488 g/mol. The van der Waals surface area contributed by atoms with E-state index in [0.29, 0.717) is 22.5 Å². The van der Waals surface area contributed by atoms with E-state index >= 15 is 0 Å². The third-order valence-electron chi connectivity index (χ3n) is 6.15.